The van der Waals surface area contributed by atoms with Crippen LogP contribution in [0.3, 0.4) is 0 Å². The predicted molar refractivity (Wildman–Crippen MR) is 186 cm³/mol. The van der Waals surface area contributed by atoms with Crippen molar-refractivity contribution in [1.29, 1.82) is 0 Å². The number of methoxy groups -OCH3 is 2. The molecule has 0 atom stereocenters. The van der Waals surface area contributed by atoms with Crippen LogP contribution >= 0.6 is 0 Å². The average molecular weight is 722 g/mol. The average Bonchev–Trinajstić information content (AvgIpc) is 3.11. The highest BCUT2D eigenvalue weighted by molar-refractivity contribution is 6.11. The van der Waals surface area contributed by atoms with Crippen LogP contribution < -0.4 is 19.5 Å². The molecule has 0 saturated carbocycles. The van der Waals surface area contributed by atoms with E-state index in [1.165, 1.54) is 49.5 Å². The third-order valence-electron chi connectivity index (χ3n) is 7.76. The van der Waals surface area contributed by atoms with E-state index in [1.807, 2.05) is 0 Å². The Morgan fingerprint density at radius 2 is 1.58 bits per heavy atom. The van der Waals surface area contributed by atoms with Crippen LogP contribution in [-0.4, -0.2) is 68.6 Å². The molecule has 0 aliphatic heterocycles. The van der Waals surface area contributed by atoms with Crippen LogP contribution in [0.2, 0.25) is 0 Å². The molecule has 0 aliphatic rings. The first-order chi connectivity index (χ1) is 24.7. The summed E-state index contributed by atoms with van der Waals surface area (Å²) < 4.78 is 60.8. The van der Waals surface area contributed by atoms with Crippen molar-refractivity contribution >= 4 is 29.4 Å². The first-order valence-corrected chi connectivity index (χ1v) is 16.1. The Morgan fingerprint density at radius 3 is 2.19 bits per heavy atom. The number of benzene rings is 3. The van der Waals surface area contributed by atoms with Gasteiger partial charge in [0.25, 0.3) is 11.8 Å². The first kappa shape index (κ1) is 38.9. The normalized spacial score (nSPS) is 11.0. The number of aromatic nitrogens is 1. The molecule has 0 bridgehead atoms. The summed E-state index contributed by atoms with van der Waals surface area (Å²) in [6.45, 7) is 3.65. The van der Waals surface area contributed by atoms with Gasteiger partial charge in [-0.15, -0.1) is 0 Å². The Hall–Kier alpha value is -5.92. The number of hydrogen-bond donors (Lipinski definition) is 1. The molecule has 0 aliphatic carbocycles. The lowest BCUT2D eigenvalue weighted by Gasteiger charge is -2.17. The van der Waals surface area contributed by atoms with Crippen molar-refractivity contribution < 1.29 is 51.3 Å². The molecular formula is C38H38F3N3O8. The van der Waals surface area contributed by atoms with Crippen molar-refractivity contribution in [1.82, 2.24) is 9.88 Å². The summed E-state index contributed by atoms with van der Waals surface area (Å²) in [5.74, 6) is -1.96. The van der Waals surface area contributed by atoms with Crippen molar-refractivity contribution in [3.05, 3.63) is 100 Å². The van der Waals surface area contributed by atoms with Crippen molar-refractivity contribution in [2.75, 3.05) is 40.2 Å². The Bertz CT molecular complexity index is 1960. The second-order valence-electron chi connectivity index (χ2n) is 11.7. The molecular weight excluding hydrogens is 683 g/mol. The van der Waals surface area contributed by atoms with E-state index in [2.05, 4.69) is 10.3 Å². The van der Waals surface area contributed by atoms with Gasteiger partial charge in [0.15, 0.2) is 11.5 Å². The Morgan fingerprint density at radius 1 is 0.885 bits per heavy atom. The molecule has 1 N–H and O–H groups in total. The van der Waals surface area contributed by atoms with Gasteiger partial charge >= 0.3 is 18.1 Å². The number of alkyl halides is 3. The van der Waals surface area contributed by atoms with E-state index in [1.54, 1.807) is 52.2 Å². The third-order valence-corrected chi connectivity index (χ3v) is 7.76. The van der Waals surface area contributed by atoms with E-state index in [-0.39, 0.29) is 58.3 Å². The Labute approximate surface area is 298 Å². The van der Waals surface area contributed by atoms with Crippen molar-refractivity contribution in [3.63, 3.8) is 0 Å². The number of halogens is 3. The van der Waals surface area contributed by atoms with Crippen LogP contribution in [0, 0.1) is 6.92 Å². The van der Waals surface area contributed by atoms with E-state index in [9.17, 15) is 32.3 Å². The van der Waals surface area contributed by atoms with Crippen molar-refractivity contribution in [2.45, 2.75) is 39.3 Å². The molecule has 2 amide bonds. The topological polar surface area (TPSA) is 133 Å². The summed E-state index contributed by atoms with van der Waals surface area (Å²) in [6, 6.07) is 15.2. The summed E-state index contributed by atoms with van der Waals surface area (Å²) in [6.07, 6.45) is -3.84. The van der Waals surface area contributed by atoms with Gasteiger partial charge in [0.05, 0.1) is 54.5 Å². The highest BCUT2D eigenvalue weighted by Crippen LogP contribution is 2.39. The molecule has 52 heavy (non-hydrogen) atoms. The zero-order chi connectivity index (χ0) is 38.2. The molecule has 3 aromatic carbocycles. The number of anilines is 1. The standard InChI is InChI=1S/C38H38F3N3O8/c1-7-51-31-21-25(37(48)50-6)20-30(49-5)34(31)52-32(45)10-8-9-23-12-18-29(28(19-23)36(47)44(3)4)43-35(46)27-17-11-22(2)42-33(27)24-13-15-26(16-14-24)38(39,40)41/h11-21H,7-10H2,1-6H3,(H,43,46). The molecule has 0 fully saturated rings. The van der Waals surface area contributed by atoms with Crippen LogP contribution in [-0.2, 0) is 22.1 Å². The van der Waals surface area contributed by atoms with Crippen molar-refractivity contribution in [3.8, 4) is 28.5 Å². The van der Waals surface area contributed by atoms with Gasteiger partial charge in [-0.05, 0) is 80.8 Å². The first-order valence-electron chi connectivity index (χ1n) is 16.1. The lowest BCUT2D eigenvalue weighted by molar-refractivity contribution is -0.137. The Kier molecular flexibility index (Phi) is 12.6. The highest BCUT2D eigenvalue weighted by Gasteiger charge is 2.30. The van der Waals surface area contributed by atoms with Gasteiger partial charge in [-0.3, -0.25) is 19.4 Å². The van der Waals surface area contributed by atoms with Crippen LogP contribution in [0.1, 0.15) is 67.7 Å². The fraction of sp³-hybridized carbons (Fsp3) is 0.289. The van der Waals surface area contributed by atoms with Gasteiger partial charge in [0.1, 0.15) is 0 Å². The van der Waals surface area contributed by atoms with E-state index in [4.69, 9.17) is 18.9 Å². The number of amides is 2. The lowest BCUT2D eigenvalue weighted by atomic mass is 10.0. The summed E-state index contributed by atoms with van der Waals surface area (Å²) in [5, 5.41) is 2.76. The molecule has 274 valence electrons. The number of nitrogens with zero attached hydrogens (tertiary/aromatic N) is 2. The second kappa shape index (κ2) is 16.9. The Balaban J connectivity index is 1.52. The predicted octanol–water partition coefficient (Wildman–Crippen LogP) is 7.15. The minimum Gasteiger partial charge on any atom is -0.493 e. The number of esters is 2. The summed E-state index contributed by atoms with van der Waals surface area (Å²) in [4.78, 5) is 57.6. The van der Waals surface area contributed by atoms with Crippen molar-refractivity contribution in [2.24, 2.45) is 0 Å². The van der Waals surface area contributed by atoms with Crippen LogP contribution in [0.4, 0.5) is 18.9 Å². The molecule has 14 heteroatoms. The minimum absolute atomic E-state index is 0.0178. The van der Waals surface area contributed by atoms with E-state index in [0.717, 1.165) is 12.1 Å². The van der Waals surface area contributed by atoms with Gasteiger partial charge in [-0.2, -0.15) is 13.2 Å². The molecule has 4 aromatic rings. The van der Waals surface area contributed by atoms with Gasteiger partial charge in [0, 0.05) is 31.8 Å². The van der Waals surface area contributed by atoms with E-state index < -0.39 is 35.5 Å². The van der Waals surface area contributed by atoms with Crippen LogP contribution in [0.25, 0.3) is 11.3 Å². The SMILES string of the molecule is CCOc1cc(C(=O)OC)cc(OC)c1OC(=O)CCCc1ccc(NC(=O)c2ccc(C)nc2-c2ccc(C(F)(F)F)cc2)c(C(=O)N(C)C)c1. The van der Waals surface area contributed by atoms with Crippen LogP contribution in [0.5, 0.6) is 17.2 Å². The number of nitrogens with one attached hydrogen (secondary N) is 1. The zero-order valence-electron chi connectivity index (χ0n) is 29.5. The number of ether oxygens (including phenoxy) is 4. The largest absolute Gasteiger partial charge is 0.493 e. The monoisotopic (exact) mass is 721 g/mol. The van der Waals surface area contributed by atoms with E-state index >= 15 is 0 Å². The van der Waals surface area contributed by atoms with Crippen LogP contribution in [0.15, 0.2) is 66.7 Å². The maximum Gasteiger partial charge on any atom is 0.416 e. The fourth-order valence-electron chi connectivity index (χ4n) is 5.17. The summed E-state index contributed by atoms with van der Waals surface area (Å²) in [7, 11) is 5.72. The molecule has 0 radical (unpaired) electrons. The smallest absolute Gasteiger partial charge is 0.416 e. The van der Waals surface area contributed by atoms with E-state index in [0.29, 0.717) is 29.7 Å². The minimum atomic E-state index is -4.52. The lowest BCUT2D eigenvalue weighted by Crippen LogP contribution is -2.24. The number of aryl methyl sites for hydroxylation is 2. The second-order valence-corrected chi connectivity index (χ2v) is 11.7. The molecule has 0 unspecified atom stereocenters. The van der Waals surface area contributed by atoms with Gasteiger partial charge in [0.2, 0.25) is 5.75 Å². The maximum absolute atomic E-state index is 13.6. The molecule has 1 heterocycles. The summed E-state index contributed by atoms with van der Waals surface area (Å²) >= 11 is 0. The highest BCUT2D eigenvalue weighted by atomic mass is 19.4. The number of carbonyl (C=O) groups is 4. The zero-order valence-corrected chi connectivity index (χ0v) is 29.5. The molecule has 0 spiro atoms. The number of rotatable bonds is 13. The molecule has 4 rings (SSSR count). The third kappa shape index (κ3) is 9.44. The quantitative estimate of drug-likeness (QED) is 0.113. The molecule has 11 nitrogen and oxygen atoms in total. The molecule has 1 aromatic heterocycles. The summed E-state index contributed by atoms with van der Waals surface area (Å²) in [5.41, 5.74) is 1.55. The van der Waals surface area contributed by atoms with Gasteiger partial charge in [-0.25, -0.2) is 4.79 Å². The maximum atomic E-state index is 13.6. The fourth-order valence-corrected chi connectivity index (χ4v) is 5.17. The van der Waals surface area contributed by atoms with Gasteiger partial charge in [-0.1, -0.05) is 18.2 Å². The number of pyridine rings is 1. The molecule has 0 saturated heterocycles. The number of hydrogen-bond acceptors (Lipinski definition) is 9. The van der Waals surface area contributed by atoms with Gasteiger partial charge < -0.3 is 29.2 Å². The number of carbonyl (C=O) groups excluding carboxylic acids is 4.